The maximum atomic E-state index is 9.24. The summed E-state index contributed by atoms with van der Waals surface area (Å²) >= 11 is 0. The van der Waals surface area contributed by atoms with Crippen molar-refractivity contribution in [3.63, 3.8) is 0 Å². The van der Waals surface area contributed by atoms with Crippen LogP contribution < -0.4 is 5.32 Å². The van der Waals surface area contributed by atoms with Gasteiger partial charge in [-0.15, -0.1) is 0 Å². The molecule has 0 aromatic heterocycles. The van der Waals surface area contributed by atoms with Gasteiger partial charge in [0.15, 0.2) is 11.5 Å². The zero-order valence-corrected chi connectivity index (χ0v) is 8.86. The molecule has 1 aromatic rings. The minimum Gasteiger partial charge on any atom is -0.504 e. The average Bonchev–Trinajstić information content (AvgIpc) is 2.23. The third-order valence-electron chi connectivity index (χ3n) is 2.00. The van der Waals surface area contributed by atoms with Crippen molar-refractivity contribution in [1.29, 1.82) is 0 Å². The molecule has 0 saturated heterocycles. The first kappa shape index (κ1) is 11.8. The van der Waals surface area contributed by atoms with Crippen LogP contribution in [0, 0.1) is 0 Å². The summed E-state index contributed by atoms with van der Waals surface area (Å²) in [5.41, 5.74) is 0.932. The van der Waals surface area contributed by atoms with Crippen LogP contribution in [-0.4, -0.2) is 30.0 Å². The van der Waals surface area contributed by atoms with Crippen molar-refractivity contribution in [2.75, 3.05) is 19.8 Å². The highest BCUT2D eigenvalue weighted by Crippen LogP contribution is 2.24. The van der Waals surface area contributed by atoms with E-state index >= 15 is 0 Å². The summed E-state index contributed by atoms with van der Waals surface area (Å²) in [4.78, 5) is 0. The molecule has 3 N–H and O–H groups in total. The molecule has 0 aliphatic rings. The molecule has 1 rings (SSSR count). The van der Waals surface area contributed by atoms with Crippen molar-refractivity contribution in [1.82, 2.24) is 5.32 Å². The van der Waals surface area contributed by atoms with Gasteiger partial charge in [-0.1, -0.05) is 6.07 Å². The Kier molecular flexibility index (Phi) is 4.93. The lowest BCUT2D eigenvalue weighted by Crippen LogP contribution is -2.19. The number of nitrogens with one attached hydrogen (secondary N) is 1. The van der Waals surface area contributed by atoms with Crippen molar-refractivity contribution in [2.24, 2.45) is 0 Å². The lowest BCUT2D eigenvalue weighted by atomic mass is 10.2. The van der Waals surface area contributed by atoms with Crippen molar-refractivity contribution < 1.29 is 14.9 Å². The summed E-state index contributed by atoms with van der Waals surface area (Å²) in [6, 6.07) is 4.79. The molecule has 0 spiro atoms. The van der Waals surface area contributed by atoms with E-state index in [4.69, 9.17) is 9.84 Å². The summed E-state index contributed by atoms with van der Waals surface area (Å²) in [5.74, 6) is -0.174. The maximum Gasteiger partial charge on any atom is 0.157 e. The van der Waals surface area contributed by atoms with Crippen LogP contribution in [0.1, 0.15) is 12.5 Å². The van der Waals surface area contributed by atoms with Crippen LogP contribution in [-0.2, 0) is 11.3 Å². The van der Waals surface area contributed by atoms with Crippen molar-refractivity contribution in [2.45, 2.75) is 13.5 Å². The molecule has 0 heterocycles. The highest BCUT2D eigenvalue weighted by Gasteiger charge is 1.99. The second-order valence-corrected chi connectivity index (χ2v) is 3.20. The van der Waals surface area contributed by atoms with Gasteiger partial charge in [-0.2, -0.15) is 0 Å². The van der Waals surface area contributed by atoms with Crippen LogP contribution in [0.5, 0.6) is 11.5 Å². The molecule has 4 nitrogen and oxygen atoms in total. The van der Waals surface area contributed by atoms with Gasteiger partial charge in [-0.25, -0.2) is 0 Å². The average molecular weight is 211 g/mol. The van der Waals surface area contributed by atoms with E-state index < -0.39 is 0 Å². The van der Waals surface area contributed by atoms with E-state index in [0.29, 0.717) is 13.2 Å². The van der Waals surface area contributed by atoms with Crippen LogP contribution in [0.3, 0.4) is 0 Å². The van der Waals surface area contributed by atoms with Crippen LogP contribution in [0.4, 0.5) is 0 Å². The fourth-order valence-electron chi connectivity index (χ4n) is 1.20. The normalized spacial score (nSPS) is 10.5. The predicted molar refractivity (Wildman–Crippen MR) is 58.0 cm³/mol. The Labute approximate surface area is 89.5 Å². The van der Waals surface area contributed by atoms with E-state index in [1.54, 1.807) is 12.1 Å². The molecule has 0 saturated carbocycles. The van der Waals surface area contributed by atoms with E-state index in [1.807, 2.05) is 6.92 Å². The number of aromatic hydroxyl groups is 2. The SMILES string of the molecule is CCOCCNCc1ccc(O)c(O)c1. The fourth-order valence-corrected chi connectivity index (χ4v) is 1.20. The van der Waals surface area contributed by atoms with Gasteiger partial charge >= 0.3 is 0 Å². The molecule has 4 heteroatoms. The number of hydrogen-bond acceptors (Lipinski definition) is 4. The topological polar surface area (TPSA) is 61.7 Å². The van der Waals surface area contributed by atoms with E-state index in [-0.39, 0.29) is 11.5 Å². The zero-order chi connectivity index (χ0) is 11.1. The lowest BCUT2D eigenvalue weighted by molar-refractivity contribution is 0.149. The fraction of sp³-hybridized carbons (Fsp3) is 0.455. The second-order valence-electron chi connectivity index (χ2n) is 3.20. The summed E-state index contributed by atoms with van der Waals surface area (Å²) in [5, 5.41) is 21.5. The van der Waals surface area contributed by atoms with Crippen molar-refractivity contribution in [3.05, 3.63) is 23.8 Å². The number of hydrogen-bond donors (Lipinski definition) is 3. The smallest absolute Gasteiger partial charge is 0.157 e. The molecule has 0 amide bonds. The monoisotopic (exact) mass is 211 g/mol. The Bertz CT molecular complexity index is 302. The van der Waals surface area contributed by atoms with E-state index in [2.05, 4.69) is 5.32 Å². The first-order chi connectivity index (χ1) is 7.24. The molecule has 0 aliphatic heterocycles. The molecule has 84 valence electrons. The first-order valence-electron chi connectivity index (χ1n) is 5.03. The number of phenols is 2. The van der Waals surface area contributed by atoms with E-state index in [0.717, 1.165) is 18.7 Å². The molecule has 15 heavy (non-hydrogen) atoms. The quantitative estimate of drug-likeness (QED) is 0.489. The van der Waals surface area contributed by atoms with Gasteiger partial charge in [0, 0.05) is 19.7 Å². The molecular weight excluding hydrogens is 194 g/mol. The van der Waals surface area contributed by atoms with Gasteiger partial charge in [0.25, 0.3) is 0 Å². The number of rotatable bonds is 6. The number of phenolic OH excluding ortho intramolecular Hbond substituents is 2. The lowest BCUT2D eigenvalue weighted by Gasteiger charge is -2.06. The first-order valence-corrected chi connectivity index (χ1v) is 5.03. The zero-order valence-electron chi connectivity index (χ0n) is 8.86. The number of benzene rings is 1. The number of ether oxygens (including phenoxy) is 1. The van der Waals surface area contributed by atoms with Crippen LogP contribution in [0.15, 0.2) is 18.2 Å². The minimum atomic E-state index is -0.0898. The van der Waals surface area contributed by atoms with Crippen LogP contribution >= 0.6 is 0 Å². The predicted octanol–water partition coefficient (Wildman–Crippen LogP) is 1.22. The van der Waals surface area contributed by atoms with Crippen molar-refractivity contribution in [3.8, 4) is 11.5 Å². The Morgan fingerprint density at radius 2 is 2.07 bits per heavy atom. The Morgan fingerprint density at radius 3 is 2.73 bits per heavy atom. The maximum absolute atomic E-state index is 9.24. The van der Waals surface area contributed by atoms with E-state index in [9.17, 15) is 5.11 Å². The van der Waals surface area contributed by atoms with Crippen LogP contribution in [0.2, 0.25) is 0 Å². The molecule has 1 aromatic carbocycles. The summed E-state index contributed by atoms with van der Waals surface area (Å²) in [6.07, 6.45) is 0. The molecule has 0 aliphatic carbocycles. The highest BCUT2D eigenvalue weighted by molar-refractivity contribution is 5.40. The van der Waals surface area contributed by atoms with Gasteiger partial charge in [-0.05, 0) is 24.6 Å². The summed E-state index contributed by atoms with van der Waals surface area (Å²) in [7, 11) is 0. The highest BCUT2D eigenvalue weighted by atomic mass is 16.5. The van der Waals surface area contributed by atoms with Gasteiger partial charge in [-0.3, -0.25) is 0 Å². The Hall–Kier alpha value is -1.26. The van der Waals surface area contributed by atoms with Gasteiger partial charge in [0.1, 0.15) is 0 Å². The second kappa shape index (κ2) is 6.27. The Balaban J connectivity index is 2.28. The van der Waals surface area contributed by atoms with E-state index in [1.165, 1.54) is 6.07 Å². The van der Waals surface area contributed by atoms with Crippen molar-refractivity contribution >= 4 is 0 Å². The molecule has 0 fully saturated rings. The minimum absolute atomic E-state index is 0.0842. The molecular formula is C11H17NO3. The third-order valence-corrected chi connectivity index (χ3v) is 2.00. The Morgan fingerprint density at radius 1 is 1.27 bits per heavy atom. The largest absolute Gasteiger partial charge is 0.504 e. The third kappa shape index (κ3) is 4.18. The van der Waals surface area contributed by atoms with Gasteiger partial charge in [0.2, 0.25) is 0 Å². The standard InChI is InChI=1S/C11H17NO3/c1-2-15-6-5-12-8-9-3-4-10(13)11(14)7-9/h3-4,7,12-14H,2,5-6,8H2,1H3. The molecule has 0 unspecified atom stereocenters. The van der Waals surface area contributed by atoms with Gasteiger partial charge in [0.05, 0.1) is 6.61 Å². The molecule has 0 radical (unpaired) electrons. The summed E-state index contributed by atoms with van der Waals surface area (Å²) in [6.45, 7) is 4.79. The molecule has 0 atom stereocenters. The molecule has 0 bridgehead atoms. The summed E-state index contributed by atoms with van der Waals surface area (Å²) < 4.78 is 5.16. The van der Waals surface area contributed by atoms with Crippen LogP contribution in [0.25, 0.3) is 0 Å². The van der Waals surface area contributed by atoms with Gasteiger partial charge < -0.3 is 20.3 Å².